The van der Waals surface area contributed by atoms with Gasteiger partial charge in [-0.25, -0.2) is 4.98 Å². The fraction of sp³-hybridized carbons (Fsp3) is 0.286. The topological polar surface area (TPSA) is 37.9 Å². The molecule has 0 amide bonds. The molecule has 1 N–H and O–H groups in total. The van der Waals surface area contributed by atoms with Crippen molar-refractivity contribution >= 4 is 17.1 Å². The van der Waals surface area contributed by atoms with Crippen LogP contribution in [0.1, 0.15) is 31.5 Å². The van der Waals surface area contributed by atoms with E-state index in [1.54, 1.807) is 24.3 Å². The molecule has 6 heteroatoms. The molecule has 3 aromatic rings. The maximum Gasteiger partial charge on any atom is 0.573 e. The van der Waals surface area contributed by atoms with Gasteiger partial charge in [-0.1, -0.05) is 43.2 Å². The van der Waals surface area contributed by atoms with Crippen molar-refractivity contribution < 1.29 is 17.9 Å². The summed E-state index contributed by atoms with van der Waals surface area (Å²) in [6, 6.07) is 11.5. The Balaban J connectivity index is 1.64. The number of hydrogen-bond donors (Lipinski definition) is 1. The quantitative estimate of drug-likeness (QED) is 0.581. The van der Waals surface area contributed by atoms with Crippen molar-refractivity contribution in [3.8, 4) is 16.9 Å². The highest BCUT2D eigenvalue weighted by Gasteiger charge is 2.32. The number of nitrogens with zero attached hydrogens (tertiary/aromatic N) is 1. The number of imidazole rings is 1. The van der Waals surface area contributed by atoms with Gasteiger partial charge in [0.1, 0.15) is 11.6 Å². The van der Waals surface area contributed by atoms with Gasteiger partial charge in [-0.05, 0) is 48.6 Å². The molecule has 3 nitrogen and oxygen atoms in total. The summed E-state index contributed by atoms with van der Waals surface area (Å²) < 4.78 is 42.1. The molecule has 1 saturated carbocycles. The molecule has 0 bridgehead atoms. The molecular weight excluding hydrogens is 353 g/mol. The Morgan fingerprint density at radius 3 is 2.63 bits per heavy atom. The number of benzene rings is 2. The van der Waals surface area contributed by atoms with Gasteiger partial charge < -0.3 is 9.72 Å². The molecule has 27 heavy (non-hydrogen) atoms. The van der Waals surface area contributed by atoms with E-state index in [-0.39, 0.29) is 5.75 Å². The standard InChI is InChI=1S/C21H19F3N2O/c22-21(23,24)27-19-8-4-3-7-16(19)15-10-11-17-18(13-15)26-20(25-17)12-9-14-5-1-2-6-14/h3-4,7-14H,1-2,5-6H2,(H,25,26). The van der Waals surface area contributed by atoms with Crippen LogP contribution in [-0.4, -0.2) is 16.3 Å². The number of ether oxygens (including phenoxy) is 1. The van der Waals surface area contributed by atoms with Gasteiger partial charge >= 0.3 is 6.36 Å². The Morgan fingerprint density at radius 1 is 1.07 bits per heavy atom. The van der Waals surface area contributed by atoms with Crippen molar-refractivity contribution in [1.82, 2.24) is 9.97 Å². The Morgan fingerprint density at radius 2 is 1.85 bits per heavy atom. The van der Waals surface area contributed by atoms with E-state index in [1.165, 1.54) is 37.8 Å². The summed E-state index contributed by atoms with van der Waals surface area (Å²) in [5.41, 5.74) is 2.56. The molecule has 1 fully saturated rings. The summed E-state index contributed by atoms with van der Waals surface area (Å²) in [7, 11) is 0. The number of alkyl halides is 3. The molecule has 0 radical (unpaired) electrons. The van der Waals surface area contributed by atoms with E-state index >= 15 is 0 Å². The van der Waals surface area contributed by atoms with E-state index < -0.39 is 6.36 Å². The maximum atomic E-state index is 12.7. The average Bonchev–Trinajstić information content (AvgIpc) is 3.27. The predicted molar refractivity (Wildman–Crippen MR) is 99.2 cm³/mol. The number of hydrogen-bond acceptors (Lipinski definition) is 2. The van der Waals surface area contributed by atoms with Crippen molar-refractivity contribution in [2.24, 2.45) is 5.92 Å². The molecular formula is C21H19F3N2O. The molecule has 1 aliphatic rings. The summed E-state index contributed by atoms with van der Waals surface area (Å²) in [4.78, 5) is 7.80. The van der Waals surface area contributed by atoms with E-state index in [2.05, 4.69) is 20.8 Å². The smallest absolute Gasteiger partial charge is 0.405 e. The second-order valence-electron chi connectivity index (χ2n) is 6.80. The summed E-state index contributed by atoms with van der Waals surface area (Å²) in [6.07, 6.45) is 4.45. The number of nitrogens with one attached hydrogen (secondary N) is 1. The third kappa shape index (κ3) is 4.15. The lowest BCUT2D eigenvalue weighted by Crippen LogP contribution is -2.17. The largest absolute Gasteiger partial charge is 0.573 e. The second kappa shape index (κ2) is 7.10. The van der Waals surface area contributed by atoms with Crippen LogP contribution in [0.15, 0.2) is 48.5 Å². The van der Waals surface area contributed by atoms with Crippen LogP contribution in [0, 0.1) is 5.92 Å². The molecule has 2 aromatic carbocycles. The highest BCUT2D eigenvalue weighted by Crippen LogP contribution is 2.34. The first-order chi connectivity index (χ1) is 13.0. The molecule has 0 saturated heterocycles. The minimum absolute atomic E-state index is 0.221. The van der Waals surface area contributed by atoms with Gasteiger partial charge in [-0.15, -0.1) is 13.2 Å². The first-order valence-corrected chi connectivity index (χ1v) is 9.01. The lowest BCUT2D eigenvalue weighted by atomic mass is 10.0. The Labute approximate surface area is 154 Å². The summed E-state index contributed by atoms with van der Waals surface area (Å²) in [5.74, 6) is 1.15. The van der Waals surface area contributed by atoms with Crippen LogP contribution in [0.4, 0.5) is 13.2 Å². The zero-order valence-corrected chi connectivity index (χ0v) is 14.6. The third-order valence-electron chi connectivity index (χ3n) is 4.85. The van der Waals surface area contributed by atoms with Crippen molar-refractivity contribution in [1.29, 1.82) is 0 Å². The van der Waals surface area contributed by atoms with E-state index in [1.807, 2.05) is 12.1 Å². The van der Waals surface area contributed by atoms with Gasteiger partial charge in [-0.2, -0.15) is 0 Å². The van der Waals surface area contributed by atoms with Crippen LogP contribution in [0.2, 0.25) is 0 Å². The lowest BCUT2D eigenvalue weighted by molar-refractivity contribution is -0.274. The average molecular weight is 372 g/mol. The zero-order chi connectivity index (χ0) is 18.9. The Kier molecular flexibility index (Phi) is 4.64. The number of allylic oxidation sites excluding steroid dienone is 1. The minimum Gasteiger partial charge on any atom is -0.405 e. The van der Waals surface area contributed by atoms with Crippen molar-refractivity contribution in [3.05, 3.63) is 54.4 Å². The van der Waals surface area contributed by atoms with Crippen LogP contribution >= 0.6 is 0 Å². The molecule has 140 valence electrons. The zero-order valence-electron chi connectivity index (χ0n) is 14.6. The summed E-state index contributed by atoms with van der Waals surface area (Å²) in [5, 5.41) is 0. The van der Waals surface area contributed by atoms with E-state index in [9.17, 15) is 13.2 Å². The monoisotopic (exact) mass is 372 g/mol. The van der Waals surface area contributed by atoms with Gasteiger partial charge in [0.25, 0.3) is 0 Å². The normalized spacial score (nSPS) is 15.8. The number of rotatable bonds is 4. The number of halogens is 3. The van der Waals surface area contributed by atoms with E-state index in [0.29, 0.717) is 22.6 Å². The molecule has 1 aromatic heterocycles. The first-order valence-electron chi connectivity index (χ1n) is 9.01. The molecule has 1 aliphatic carbocycles. The molecule has 0 atom stereocenters. The fourth-order valence-corrected chi connectivity index (χ4v) is 3.57. The van der Waals surface area contributed by atoms with Gasteiger partial charge in [0, 0.05) is 5.56 Å². The minimum atomic E-state index is -4.73. The fourth-order valence-electron chi connectivity index (χ4n) is 3.57. The van der Waals surface area contributed by atoms with Crippen LogP contribution in [0.3, 0.4) is 0 Å². The molecule has 1 heterocycles. The van der Waals surface area contributed by atoms with Gasteiger partial charge in [0.15, 0.2) is 0 Å². The van der Waals surface area contributed by atoms with Crippen molar-refractivity contribution in [2.45, 2.75) is 32.0 Å². The predicted octanol–water partition coefficient (Wildman–Crippen LogP) is 6.33. The SMILES string of the molecule is FC(F)(F)Oc1ccccc1-c1ccc2[nH]c(C=CC3CCCC3)nc2c1. The maximum absolute atomic E-state index is 12.7. The number of aromatic amines is 1. The number of aromatic nitrogens is 2. The van der Waals surface area contributed by atoms with Gasteiger partial charge in [-0.3, -0.25) is 0 Å². The highest BCUT2D eigenvalue weighted by molar-refractivity contribution is 5.84. The molecule has 4 rings (SSSR count). The second-order valence-corrected chi connectivity index (χ2v) is 6.80. The highest BCUT2D eigenvalue weighted by atomic mass is 19.4. The van der Waals surface area contributed by atoms with Crippen LogP contribution in [-0.2, 0) is 0 Å². The molecule has 0 unspecified atom stereocenters. The first kappa shape index (κ1) is 17.6. The lowest BCUT2D eigenvalue weighted by Gasteiger charge is -2.13. The van der Waals surface area contributed by atoms with Crippen LogP contribution in [0.25, 0.3) is 28.2 Å². The Hall–Kier alpha value is -2.76. The van der Waals surface area contributed by atoms with Crippen LogP contribution in [0.5, 0.6) is 5.75 Å². The molecule has 0 aliphatic heterocycles. The van der Waals surface area contributed by atoms with Crippen molar-refractivity contribution in [3.63, 3.8) is 0 Å². The van der Waals surface area contributed by atoms with E-state index in [0.717, 1.165) is 11.3 Å². The number of para-hydroxylation sites is 1. The van der Waals surface area contributed by atoms with Gasteiger partial charge in [0.05, 0.1) is 11.0 Å². The van der Waals surface area contributed by atoms with E-state index in [4.69, 9.17) is 0 Å². The number of fused-ring (bicyclic) bond motifs is 1. The molecule has 0 spiro atoms. The third-order valence-corrected chi connectivity index (χ3v) is 4.85. The van der Waals surface area contributed by atoms with Gasteiger partial charge in [0.2, 0.25) is 0 Å². The summed E-state index contributed by atoms with van der Waals surface area (Å²) in [6.45, 7) is 0. The van der Waals surface area contributed by atoms with Crippen LogP contribution < -0.4 is 4.74 Å². The number of H-pyrrole nitrogens is 1. The summed E-state index contributed by atoms with van der Waals surface area (Å²) >= 11 is 0. The van der Waals surface area contributed by atoms with Crippen molar-refractivity contribution in [2.75, 3.05) is 0 Å². The Bertz CT molecular complexity index is 969.